The molecule has 0 bridgehead atoms. The van der Waals surface area contributed by atoms with Gasteiger partial charge in [-0.25, -0.2) is 0 Å². The first-order valence-electron chi connectivity index (χ1n) is 8.38. The number of nitrogens with one attached hydrogen (secondary N) is 1. The summed E-state index contributed by atoms with van der Waals surface area (Å²) in [7, 11) is 0. The van der Waals surface area contributed by atoms with Gasteiger partial charge in [0.1, 0.15) is 0 Å². The van der Waals surface area contributed by atoms with Crippen LogP contribution >= 0.6 is 11.8 Å². The first-order valence-corrected chi connectivity index (χ1v) is 9.61. The van der Waals surface area contributed by atoms with Crippen molar-refractivity contribution in [2.45, 2.75) is 31.8 Å². The second-order valence-corrected chi connectivity index (χ2v) is 6.57. The number of nitrogens with zero attached hydrogens (tertiary/aromatic N) is 1. The van der Waals surface area contributed by atoms with E-state index in [1.54, 1.807) is 11.8 Å². The minimum absolute atomic E-state index is 0.0307. The smallest absolute Gasteiger partial charge is 0.251 e. The molecule has 4 heteroatoms. The molecule has 2 aromatic carbocycles. The zero-order valence-corrected chi connectivity index (χ0v) is 15.5. The maximum atomic E-state index is 12.2. The number of rotatable bonds is 8. The maximum absolute atomic E-state index is 12.2. The third kappa shape index (κ3) is 5.39. The average molecular weight is 343 g/mol. The van der Waals surface area contributed by atoms with Crippen LogP contribution in [0.2, 0.25) is 0 Å². The molecule has 0 saturated carbocycles. The van der Waals surface area contributed by atoms with Crippen LogP contribution in [0.25, 0.3) is 0 Å². The third-order valence-corrected chi connectivity index (χ3v) is 4.84. The van der Waals surface area contributed by atoms with E-state index in [-0.39, 0.29) is 5.91 Å². The highest BCUT2D eigenvalue weighted by Crippen LogP contribution is 2.15. The lowest BCUT2D eigenvalue weighted by molar-refractivity contribution is 0.0951. The second kappa shape index (κ2) is 9.50. The van der Waals surface area contributed by atoms with E-state index in [1.807, 2.05) is 30.5 Å². The predicted molar refractivity (Wildman–Crippen MR) is 102 cm³/mol. The Hall–Kier alpha value is -1.78. The molecule has 0 heterocycles. The van der Waals surface area contributed by atoms with E-state index < -0.39 is 0 Å². The van der Waals surface area contributed by atoms with Gasteiger partial charge in [-0.05, 0) is 54.7 Å². The van der Waals surface area contributed by atoms with E-state index in [9.17, 15) is 4.79 Å². The fraction of sp³-hybridized carbons (Fsp3) is 0.350. The van der Waals surface area contributed by atoms with Gasteiger partial charge in [0.25, 0.3) is 5.91 Å². The number of carbonyl (C=O) groups excluding carboxylic acids is 1. The van der Waals surface area contributed by atoms with Crippen molar-refractivity contribution in [2.24, 2.45) is 0 Å². The van der Waals surface area contributed by atoms with Crippen LogP contribution in [0.1, 0.15) is 35.3 Å². The monoisotopic (exact) mass is 342 g/mol. The van der Waals surface area contributed by atoms with Crippen LogP contribution in [0.5, 0.6) is 0 Å². The van der Waals surface area contributed by atoms with Gasteiger partial charge >= 0.3 is 0 Å². The van der Waals surface area contributed by atoms with E-state index in [4.69, 9.17) is 0 Å². The molecule has 2 aromatic rings. The summed E-state index contributed by atoms with van der Waals surface area (Å²) in [5.74, 6) is -0.0307. The van der Waals surface area contributed by atoms with Gasteiger partial charge in [-0.15, -0.1) is 11.8 Å². The third-order valence-electron chi connectivity index (χ3n) is 4.10. The van der Waals surface area contributed by atoms with E-state index in [0.29, 0.717) is 12.1 Å². The largest absolute Gasteiger partial charge is 0.348 e. The molecule has 3 nitrogen and oxygen atoms in total. The molecule has 24 heavy (non-hydrogen) atoms. The first kappa shape index (κ1) is 18.6. The predicted octanol–water partition coefficient (Wildman–Crippen LogP) is 4.18. The Morgan fingerprint density at radius 3 is 2.33 bits per heavy atom. The summed E-state index contributed by atoms with van der Waals surface area (Å²) in [6.07, 6.45) is 2.03. The van der Waals surface area contributed by atoms with Gasteiger partial charge < -0.3 is 5.32 Å². The quantitative estimate of drug-likeness (QED) is 0.731. The molecule has 128 valence electrons. The minimum atomic E-state index is -0.0307. The van der Waals surface area contributed by atoms with E-state index in [2.05, 4.69) is 48.3 Å². The summed E-state index contributed by atoms with van der Waals surface area (Å²) in [5, 5.41) is 3.00. The molecule has 0 aliphatic carbocycles. The first-order chi connectivity index (χ1) is 11.7. The SMILES string of the molecule is CCN(CC)Cc1cccc(CNC(=O)c2ccc(SC)cc2)c1. The lowest BCUT2D eigenvalue weighted by Crippen LogP contribution is -2.23. The molecular weight excluding hydrogens is 316 g/mol. The number of amides is 1. The van der Waals surface area contributed by atoms with Crippen molar-refractivity contribution in [2.75, 3.05) is 19.3 Å². The normalized spacial score (nSPS) is 10.8. The second-order valence-electron chi connectivity index (χ2n) is 5.69. The zero-order chi connectivity index (χ0) is 17.4. The molecule has 0 aromatic heterocycles. The highest BCUT2D eigenvalue weighted by atomic mass is 32.2. The Morgan fingerprint density at radius 1 is 1.04 bits per heavy atom. The summed E-state index contributed by atoms with van der Waals surface area (Å²) in [6.45, 7) is 7.94. The highest BCUT2D eigenvalue weighted by molar-refractivity contribution is 7.98. The molecule has 0 fully saturated rings. The molecule has 2 rings (SSSR count). The van der Waals surface area contributed by atoms with E-state index in [0.717, 1.165) is 30.1 Å². The summed E-state index contributed by atoms with van der Waals surface area (Å²) in [4.78, 5) is 15.8. The van der Waals surface area contributed by atoms with Gasteiger partial charge in [0, 0.05) is 23.5 Å². The van der Waals surface area contributed by atoms with Crippen LogP contribution in [-0.2, 0) is 13.1 Å². The highest BCUT2D eigenvalue weighted by Gasteiger charge is 2.06. The molecule has 0 saturated heterocycles. The van der Waals surface area contributed by atoms with E-state index >= 15 is 0 Å². The molecule has 0 aliphatic rings. The molecule has 0 aliphatic heterocycles. The van der Waals surface area contributed by atoms with Gasteiger partial charge in [0.05, 0.1) is 0 Å². The number of benzene rings is 2. The Balaban J connectivity index is 1.94. The van der Waals surface area contributed by atoms with Crippen LogP contribution in [0.4, 0.5) is 0 Å². The van der Waals surface area contributed by atoms with Gasteiger partial charge in [0.15, 0.2) is 0 Å². The van der Waals surface area contributed by atoms with E-state index in [1.165, 1.54) is 5.56 Å². The Kier molecular flexibility index (Phi) is 7.35. The van der Waals surface area contributed by atoms with Crippen LogP contribution in [0, 0.1) is 0 Å². The molecule has 0 atom stereocenters. The standard InChI is InChI=1S/C20H26N2OS/c1-4-22(5-2)15-17-8-6-7-16(13-17)14-21-20(23)18-9-11-19(24-3)12-10-18/h6-13H,4-5,14-15H2,1-3H3,(H,21,23). The average Bonchev–Trinajstić information content (AvgIpc) is 2.64. The fourth-order valence-electron chi connectivity index (χ4n) is 2.57. The maximum Gasteiger partial charge on any atom is 0.251 e. The van der Waals surface area contributed by atoms with Gasteiger partial charge in [-0.1, -0.05) is 38.1 Å². The summed E-state index contributed by atoms with van der Waals surface area (Å²) in [5.41, 5.74) is 3.12. The lowest BCUT2D eigenvalue weighted by Gasteiger charge is -2.18. The molecule has 0 spiro atoms. The molecule has 0 radical (unpaired) electrons. The molecular formula is C20H26N2OS. The Bertz CT molecular complexity index is 651. The van der Waals surface area contributed by atoms with Gasteiger partial charge in [-0.2, -0.15) is 0 Å². The summed E-state index contributed by atoms with van der Waals surface area (Å²) >= 11 is 1.67. The number of hydrogen-bond acceptors (Lipinski definition) is 3. The summed E-state index contributed by atoms with van der Waals surface area (Å²) < 4.78 is 0. The zero-order valence-electron chi connectivity index (χ0n) is 14.7. The molecule has 1 N–H and O–H groups in total. The van der Waals surface area contributed by atoms with Crippen molar-refractivity contribution in [1.82, 2.24) is 10.2 Å². The van der Waals surface area contributed by atoms with Crippen molar-refractivity contribution in [3.63, 3.8) is 0 Å². The van der Waals surface area contributed by atoms with Crippen LogP contribution < -0.4 is 5.32 Å². The van der Waals surface area contributed by atoms with Crippen molar-refractivity contribution < 1.29 is 4.79 Å². The van der Waals surface area contributed by atoms with Crippen LogP contribution in [0.15, 0.2) is 53.4 Å². The lowest BCUT2D eigenvalue weighted by atomic mass is 10.1. The van der Waals surface area contributed by atoms with Gasteiger partial charge in [-0.3, -0.25) is 9.69 Å². The molecule has 0 unspecified atom stereocenters. The molecule has 1 amide bonds. The Morgan fingerprint density at radius 2 is 1.71 bits per heavy atom. The van der Waals surface area contributed by atoms with Crippen molar-refractivity contribution in [3.8, 4) is 0 Å². The minimum Gasteiger partial charge on any atom is -0.348 e. The number of carbonyl (C=O) groups is 1. The topological polar surface area (TPSA) is 32.3 Å². The van der Waals surface area contributed by atoms with Crippen molar-refractivity contribution in [3.05, 3.63) is 65.2 Å². The fourth-order valence-corrected chi connectivity index (χ4v) is 2.98. The van der Waals surface area contributed by atoms with Gasteiger partial charge in [0.2, 0.25) is 0 Å². The summed E-state index contributed by atoms with van der Waals surface area (Å²) in [6, 6.07) is 16.1. The van der Waals surface area contributed by atoms with Crippen molar-refractivity contribution in [1.29, 1.82) is 0 Å². The van der Waals surface area contributed by atoms with Crippen LogP contribution in [-0.4, -0.2) is 30.2 Å². The van der Waals surface area contributed by atoms with Crippen LogP contribution in [0.3, 0.4) is 0 Å². The Labute approximate surface area is 149 Å². The number of hydrogen-bond donors (Lipinski definition) is 1. The number of thioether (sulfide) groups is 1. The van der Waals surface area contributed by atoms with Crippen molar-refractivity contribution >= 4 is 17.7 Å².